The van der Waals surface area contributed by atoms with Gasteiger partial charge in [0, 0.05) is 29.7 Å². The molecular formula is C29H44O9. The molecule has 2 aliphatic heterocycles. The predicted octanol–water partition coefficient (Wildman–Crippen LogP) is 1.57. The van der Waals surface area contributed by atoms with Crippen LogP contribution in [0.4, 0.5) is 0 Å². The van der Waals surface area contributed by atoms with Crippen LogP contribution in [0.3, 0.4) is 0 Å². The average molecular weight is 537 g/mol. The van der Waals surface area contributed by atoms with Crippen LogP contribution in [-0.4, -0.2) is 86.6 Å². The molecule has 6 aliphatic rings. The predicted molar refractivity (Wildman–Crippen MR) is 134 cm³/mol. The fourth-order valence-corrected chi connectivity index (χ4v) is 9.94. The minimum absolute atomic E-state index is 0.0117. The van der Waals surface area contributed by atoms with Crippen LogP contribution in [0.2, 0.25) is 0 Å². The fraction of sp³-hybridized carbons (Fsp3) is 0.897. The van der Waals surface area contributed by atoms with E-state index >= 15 is 0 Å². The van der Waals surface area contributed by atoms with Crippen molar-refractivity contribution < 1.29 is 44.5 Å². The molecule has 6 rings (SSSR count). The normalized spacial score (nSPS) is 54.5. The minimum atomic E-state index is -1.12. The lowest BCUT2D eigenvalue weighted by Gasteiger charge is -2.66. The van der Waals surface area contributed by atoms with E-state index in [2.05, 4.69) is 6.92 Å². The number of fused-ring (bicyclic) bond motifs is 5. The van der Waals surface area contributed by atoms with Crippen molar-refractivity contribution in [1.29, 1.82) is 0 Å². The van der Waals surface area contributed by atoms with Crippen LogP contribution in [0.5, 0.6) is 0 Å². The third kappa shape index (κ3) is 3.72. The number of rotatable bonds is 4. The number of hydrogen-bond acceptors (Lipinski definition) is 9. The highest BCUT2D eigenvalue weighted by Crippen LogP contribution is 2.70. The van der Waals surface area contributed by atoms with Gasteiger partial charge >= 0.3 is 5.97 Å². The quantitative estimate of drug-likeness (QED) is 0.267. The molecular weight excluding hydrogens is 492 g/mol. The molecule has 0 spiro atoms. The van der Waals surface area contributed by atoms with Crippen LogP contribution in [-0.2, 0) is 19.0 Å². The van der Waals surface area contributed by atoms with E-state index in [9.17, 15) is 30.3 Å². The van der Waals surface area contributed by atoms with Gasteiger partial charge in [-0.2, -0.15) is 0 Å². The lowest BCUT2D eigenvalue weighted by atomic mass is 9.41. The van der Waals surface area contributed by atoms with E-state index in [1.54, 1.807) is 13.0 Å². The monoisotopic (exact) mass is 536 g/mol. The van der Waals surface area contributed by atoms with Crippen LogP contribution in [0, 0.1) is 28.6 Å². The Morgan fingerprint density at radius 3 is 2.50 bits per heavy atom. The Labute approximate surface area is 224 Å². The Morgan fingerprint density at radius 2 is 1.82 bits per heavy atom. The van der Waals surface area contributed by atoms with Gasteiger partial charge in [0.05, 0.1) is 36.1 Å². The number of aliphatic hydroxyl groups is 5. The summed E-state index contributed by atoms with van der Waals surface area (Å²) in [6, 6.07) is 0. The first-order valence-corrected chi connectivity index (χ1v) is 14.6. The van der Waals surface area contributed by atoms with Crippen molar-refractivity contribution in [3.05, 3.63) is 11.6 Å². The van der Waals surface area contributed by atoms with Gasteiger partial charge in [0.1, 0.15) is 12.7 Å². The van der Waals surface area contributed by atoms with Gasteiger partial charge in [-0.25, -0.2) is 4.79 Å². The van der Waals surface area contributed by atoms with E-state index in [0.29, 0.717) is 45.1 Å². The van der Waals surface area contributed by atoms with Gasteiger partial charge in [0.25, 0.3) is 0 Å². The molecule has 4 saturated carbocycles. The van der Waals surface area contributed by atoms with Gasteiger partial charge in [-0.05, 0) is 81.6 Å². The maximum atomic E-state index is 12.4. The molecule has 0 amide bonds. The molecule has 0 unspecified atom stereocenters. The molecule has 9 heteroatoms. The van der Waals surface area contributed by atoms with Gasteiger partial charge in [-0.1, -0.05) is 6.92 Å². The van der Waals surface area contributed by atoms with E-state index in [-0.39, 0.29) is 48.3 Å². The number of ether oxygens (including phenoxy) is 3. The molecule has 5 fully saturated rings. The molecule has 4 aliphatic carbocycles. The Morgan fingerprint density at radius 1 is 1.05 bits per heavy atom. The van der Waals surface area contributed by atoms with Crippen LogP contribution in [0.15, 0.2) is 11.6 Å². The topological polar surface area (TPSA) is 146 Å². The molecule has 12 atom stereocenters. The summed E-state index contributed by atoms with van der Waals surface area (Å²) in [6.07, 6.45) is 4.24. The van der Waals surface area contributed by atoms with Crippen molar-refractivity contribution in [1.82, 2.24) is 0 Å². The van der Waals surface area contributed by atoms with Crippen LogP contribution in [0.1, 0.15) is 78.1 Å². The van der Waals surface area contributed by atoms with Crippen molar-refractivity contribution >= 4 is 5.97 Å². The summed E-state index contributed by atoms with van der Waals surface area (Å²) in [5.41, 5.74) is -2.15. The van der Waals surface area contributed by atoms with Crippen LogP contribution in [0.25, 0.3) is 0 Å². The number of carbonyl (C=O) groups excluding carboxylic acids is 1. The van der Waals surface area contributed by atoms with Crippen molar-refractivity contribution in [3.63, 3.8) is 0 Å². The SMILES string of the molecule is C[C@H]1O[C@@H](O[C@H]2CC[C@]3(CO)[C@@H]4CC[C@]5(C)[C@@H](C6=CC(=O)OC6)CC[C@]5(O)[C@@H]4CC[C@]3(O)C2)C[C@@H](O)[C@@H]1O. The first-order chi connectivity index (χ1) is 18.0. The highest BCUT2D eigenvalue weighted by molar-refractivity contribution is 5.85. The second kappa shape index (κ2) is 9.23. The number of carbonyl (C=O) groups is 1. The van der Waals surface area contributed by atoms with E-state index in [4.69, 9.17) is 14.2 Å². The standard InChI is InChI=1S/C29H44O9/c1-16-25(33)22(31)12-24(37-16)38-18-3-8-27(15-30)20-4-7-26(2)19(17-11-23(32)36-14-17)6-10-29(26,35)21(20)5-9-28(27,34)13-18/h11,16,18-22,24-25,30-31,33-35H,3-10,12-15H2,1-2H3/t16-,18+,19-,20-,21-,22-,24+,25-,26-,27+,28+,29+/m1/s1. The molecule has 0 aromatic heterocycles. The molecule has 214 valence electrons. The van der Waals surface area contributed by atoms with Crippen molar-refractivity contribution in [3.8, 4) is 0 Å². The molecule has 0 radical (unpaired) electrons. The first kappa shape index (κ1) is 27.1. The minimum Gasteiger partial charge on any atom is -0.458 e. The first-order valence-electron chi connectivity index (χ1n) is 14.6. The van der Waals surface area contributed by atoms with E-state index in [1.807, 2.05) is 0 Å². The molecule has 0 aromatic carbocycles. The molecule has 0 bridgehead atoms. The summed E-state index contributed by atoms with van der Waals surface area (Å²) >= 11 is 0. The zero-order chi connectivity index (χ0) is 27.1. The summed E-state index contributed by atoms with van der Waals surface area (Å²) in [5, 5.41) is 55.6. The van der Waals surface area contributed by atoms with Gasteiger partial charge < -0.3 is 39.7 Å². The molecule has 38 heavy (non-hydrogen) atoms. The summed E-state index contributed by atoms with van der Waals surface area (Å²) in [7, 11) is 0. The Hall–Kier alpha value is -1.07. The lowest BCUT2D eigenvalue weighted by molar-refractivity contribution is -0.297. The van der Waals surface area contributed by atoms with Crippen molar-refractivity contribution in [2.45, 2.75) is 120 Å². The Bertz CT molecular complexity index is 973. The Balaban J connectivity index is 1.21. The molecule has 2 heterocycles. The van der Waals surface area contributed by atoms with Crippen molar-refractivity contribution in [2.24, 2.45) is 28.6 Å². The van der Waals surface area contributed by atoms with Gasteiger partial charge in [-0.15, -0.1) is 0 Å². The Kier molecular flexibility index (Phi) is 6.58. The highest BCUT2D eigenvalue weighted by atomic mass is 16.7. The lowest BCUT2D eigenvalue weighted by Crippen LogP contribution is -2.69. The second-order valence-electron chi connectivity index (χ2n) is 13.5. The smallest absolute Gasteiger partial charge is 0.331 e. The van der Waals surface area contributed by atoms with Crippen LogP contribution < -0.4 is 0 Å². The van der Waals surface area contributed by atoms with Crippen LogP contribution >= 0.6 is 0 Å². The molecule has 0 aromatic rings. The second-order valence-corrected chi connectivity index (χ2v) is 13.5. The number of hydrogen-bond donors (Lipinski definition) is 5. The summed E-state index contributed by atoms with van der Waals surface area (Å²) in [6.45, 7) is 4.05. The maximum Gasteiger partial charge on any atom is 0.331 e. The summed E-state index contributed by atoms with van der Waals surface area (Å²) in [5.74, 6) is -0.245. The van der Waals surface area contributed by atoms with E-state index in [0.717, 1.165) is 24.8 Å². The van der Waals surface area contributed by atoms with Gasteiger partial charge in [0.15, 0.2) is 6.29 Å². The largest absolute Gasteiger partial charge is 0.458 e. The third-order valence-corrected chi connectivity index (χ3v) is 12.1. The number of aliphatic hydroxyl groups excluding tert-OH is 3. The summed E-state index contributed by atoms with van der Waals surface area (Å²) in [4.78, 5) is 11.8. The number of cyclic esters (lactones) is 1. The fourth-order valence-electron chi connectivity index (χ4n) is 9.94. The zero-order valence-corrected chi connectivity index (χ0v) is 22.6. The van der Waals surface area contributed by atoms with Crippen molar-refractivity contribution in [2.75, 3.05) is 13.2 Å². The summed E-state index contributed by atoms with van der Waals surface area (Å²) < 4.78 is 17.2. The van der Waals surface area contributed by atoms with Gasteiger partial charge in [-0.3, -0.25) is 0 Å². The molecule has 9 nitrogen and oxygen atoms in total. The zero-order valence-electron chi connectivity index (χ0n) is 22.6. The third-order valence-electron chi connectivity index (χ3n) is 12.1. The maximum absolute atomic E-state index is 12.4. The van der Waals surface area contributed by atoms with Gasteiger partial charge in [0.2, 0.25) is 0 Å². The van der Waals surface area contributed by atoms with E-state index < -0.39 is 41.2 Å². The average Bonchev–Trinajstić information content (AvgIpc) is 3.41. The number of esters is 1. The molecule has 5 N–H and O–H groups in total. The van der Waals surface area contributed by atoms with E-state index in [1.165, 1.54) is 0 Å². The molecule has 1 saturated heterocycles. The highest BCUT2D eigenvalue weighted by Gasteiger charge is 2.71.